The molecule has 0 aliphatic carbocycles. The summed E-state index contributed by atoms with van der Waals surface area (Å²) in [5.74, 6) is 1.49. The second-order valence-corrected chi connectivity index (χ2v) is 5.89. The van der Waals surface area contributed by atoms with Crippen molar-refractivity contribution in [2.45, 2.75) is 12.8 Å². The van der Waals surface area contributed by atoms with Crippen molar-refractivity contribution in [3.8, 4) is 5.75 Å². The van der Waals surface area contributed by atoms with Gasteiger partial charge in [-0.05, 0) is 44.0 Å². The van der Waals surface area contributed by atoms with Crippen LogP contribution in [0.1, 0.15) is 18.4 Å². The number of nitrogens with zero attached hydrogens (tertiary/aromatic N) is 1. The Balaban J connectivity index is 1.74. The third-order valence-electron chi connectivity index (χ3n) is 3.93. The lowest BCUT2D eigenvalue weighted by Crippen LogP contribution is -2.37. The summed E-state index contributed by atoms with van der Waals surface area (Å²) in [5.41, 5.74) is 6.51. The first kappa shape index (κ1) is 16.2. The van der Waals surface area contributed by atoms with Crippen molar-refractivity contribution < 1.29 is 9.47 Å². The topological polar surface area (TPSA) is 47.7 Å². The summed E-state index contributed by atoms with van der Waals surface area (Å²) in [5, 5.41) is 0. The number of methoxy groups -OCH3 is 1. The van der Waals surface area contributed by atoms with Gasteiger partial charge in [-0.15, -0.1) is 0 Å². The molecule has 0 saturated carbocycles. The highest BCUT2D eigenvalue weighted by Crippen LogP contribution is 2.19. The summed E-state index contributed by atoms with van der Waals surface area (Å²) in [6.45, 7) is 4.72. The highest BCUT2D eigenvalue weighted by Gasteiger charge is 2.18. The number of thiocarbonyl (C=S) groups is 1. The van der Waals surface area contributed by atoms with Gasteiger partial charge in [0, 0.05) is 20.3 Å². The molecule has 0 atom stereocenters. The van der Waals surface area contributed by atoms with Gasteiger partial charge in [0.2, 0.25) is 0 Å². The van der Waals surface area contributed by atoms with Crippen LogP contribution in [0.5, 0.6) is 5.75 Å². The summed E-state index contributed by atoms with van der Waals surface area (Å²) in [6.07, 6.45) is 2.41. The van der Waals surface area contributed by atoms with Gasteiger partial charge in [0.15, 0.2) is 0 Å². The molecule has 0 unspecified atom stereocenters. The predicted octanol–water partition coefficient (Wildman–Crippen LogP) is 2.06. The van der Waals surface area contributed by atoms with E-state index in [2.05, 4.69) is 4.90 Å². The van der Waals surface area contributed by atoms with E-state index in [1.54, 1.807) is 7.11 Å². The Kier molecular flexibility index (Phi) is 6.42. The first-order valence-electron chi connectivity index (χ1n) is 7.43. The zero-order chi connectivity index (χ0) is 15.1. The van der Waals surface area contributed by atoms with Crippen molar-refractivity contribution in [2.75, 3.05) is 40.0 Å². The Morgan fingerprint density at radius 2 is 2.05 bits per heavy atom. The Bertz CT molecular complexity index is 459. The molecule has 0 radical (unpaired) electrons. The standard InChI is InChI=1S/C16H24N2O2S/c1-19-12-13-6-8-18(9-7-13)10-11-20-15-5-3-2-4-14(15)16(17)21/h2-5,13H,6-12H2,1H3,(H2,17,21). The third kappa shape index (κ3) is 4.95. The van der Waals surface area contributed by atoms with Crippen molar-refractivity contribution in [1.82, 2.24) is 4.90 Å². The number of piperidine rings is 1. The van der Waals surface area contributed by atoms with Crippen LogP contribution in [-0.4, -0.2) is 49.8 Å². The van der Waals surface area contributed by atoms with Crippen molar-refractivity contribution in [3.05, 3.63) is 29.8 Å². The van der Waals surface area contributed by atoms with Crippen molar-refractivity contribution in [3.63, 3.8) is 0 Å². The molecule has 1 heterocycles. The van der Waals surface area contributed by atoms with E-state index in [1.165, 1.54) is 12.8 Å². The number of para-hydroxylation sites is 1. The van der Waals surface area contributed by atoms with Crippen LogP contribution in [0.15, 0.2) is 24.3 Å². The second-order valence-electron chi connectivity index (χ2n) is 5.45. The molecular weight excluding hydrogens is 284 g/mol. The lowest BCUT2D eigenvalue weighted by Gasteiger charge is -2.31. The van der Waals surface area contributed by atoms with Crippen LogP contribution >= 0.6 is 12.2 Å². The quantitative estimate of drug-likeness (QED) is 0.781. The van der Waals surface area contributed by atoms with E-state index in [9.17, 15) is 0 Å². The lowest BCUT2D eigenvalue weighted by atomic mass is 9.98. The highest BCUT2D eigenvalue weighted by atomic mass is 32.1. The molecule has 21 heavy (non-hydrogen) atoms. The molecule has 2 rings (SSSR count). The van der Waals surface area contributed by atoms with Gasteiger partial charge in [-0.3, -0.25) is 4.90 Å². The van der Waals surface area contributed by atoms with Crippen LogP contribution in [0, 0.1) is 5.92 Å². The molecule has 2 N–H and O–H groups in total. The van der Waals surface area contributed by atoms with Gasteiger partial charge >= 0.3 is 0 Å². The van der Waals surface area contributed by atoms with Crippen LogP contribution in [-0.2, 0) is 4.74 Å². The van der Waals surface area contributed by atoms with E-state index < -0.39 is 0 Å². The fourth-order valence-electron chi connectivity index (χ4n) is 2.69. The van der Waals surface area contributed by atoms with Gasteiger partial charge in [0.05, 0.1) is 5.56 Å². The molecule has 116 valence electrons. The van der Waals surface area contributed by atoms with Gasteiger partial charge in [-0.2, -0.15) is 0 Å². The second kappa shape index (κ2) is 8.32. The lowest BCUT2D eigenvalue weighted by molar-refractivity contribution is 0.0928. The Labute approximate surface area is 132 Å². The number of hydrogen-bond donors (Lipinski definition) is 1. The largest absolute Gasteiger partial charge is 0.492 e. The molecule has 0 spiro atoms. The molecule has 0 amide bonds. The normalized spacial score (nSPS) is 16.8. The van der Waals surface area contributed by atoms with Gasteiger partial charge in [0.25, 0.3) is 0 Å². The molecular formula is C16H24N2O2S. The molecule has 0 bridgehead atoms. The summed E-state index contributed by atoms with van der Waals surface area (Å²) in [7, 11) is 1.78. The van der Waals surface area contributed by atoms with E-state index in [-0.39, 0.29) is 0 Å². The molecule has 1 saturated heterocycles. The summed E-state index contributed by atoms with van der Waals surface area (Å²) >= 11 is 5.04. The van der Waals surface area contributed by atoms with Gasteiger partial charge in [-0.25, -0.2) is 0 Å². The molecule has 0 aromatic heterocycles. The number of hydrogen-bond acceptors (Lipinski definition) is 4. The third-order valence-corrected chi connectivity index (χ3v) is 4.15. The predicted molar refractivity (Wildman–Crippen MR) is 88.9 cm³/mol. The maximum Gasteiger partial charge on any atom is 0.129 e. The molecule has 1 aliphatic heterocycles. The van der Waals surface area contributed by atoms with Crippen molar-refractivity contribution in [1.29, 1.82) is 0 Å². The van der Waals surface area contributed by atoms with E-state index in [4.69, 9.17) is 27.4 Å². The number of nitrogens with two attached hydrogens (primary N) is 1. The highest BCUT2D eigenvalue weighted by molar-refractivity contribution is 7.80. The van der Waals surface area contributed by atoms with Crippen LogP contribution < -0.4 is 10.5 Å². The van der Waals surface area contributed by atoms with Gasteiger partial charge in [-0.1, -0.05) is 24.4 Å². The van der Waals surface area contributed by atoms with E-state index in [0.29, 0.717) is 17.5 Å². The fraction of sp³-hybridized carbons (Fsp3) is 0.562. The molecule has 5 heteroatoms. The van der Waals surface area contributed by atoms with Crippen LogP contribution in [0.25, 0.3) is 0 Å². The van der Waals surface area contributed by atoms with Crippen molar-refractivity contribution >= 4 is 17.2 Å². The maximum absolute atomic E-state index is 5.84. The zero-order valence-corrected chi connectivity index (χ0v) is 13.4. The number of rotatable bonds is 7. The first-order valence-corrected chi connectivity index (χ1v) is 7.84. The smallest absolute Gasteiger partial charge is 0.129 e. The number of ether oxygens (including phenoxy) is 2. The Hall–Kier alpha value is -1.17. The molecule has 1 aliphatic rings. The monoisotopic (exact) mass is 308 g/mol. The van der Waals surface area contributed by atoms with Crippen LogP contribution in [0.4, 0.5) is 0 Å². The number of benzene rings is 1. The summed E-state index contributed by atoms with van der Waals surface area (Å²) in [4.78, 5) is 2.82. The molecule has 1 fully saturated rings. The molecule has 4 nitrogen and oxygen atoms in total. The Morgan fingerprint density at radius 3 is 2.71 bits per heavy atom. The van der Waals surface area contributed by atoms with E-state index in [0.717, 1.165) is 37.6 Å². The van der Waals surface area contributed by atoms with E-state index in [1.807, 2.05) is 24.3 Å². The minimum Gasteiger partial charge on any atom is -0.492 e. The SMILES string of the molecule is COCC1CCN(CCOc2ccccc2C(N)=S)CC1. The molecule has 1 aromatic rings. The number of likely N-dealkylation sites (tertiary alicyclic amines) is 1. The first-order chi connectivity index (χ1) is 10.2. The zero-order valence-electron chi connectivity index (χ0n) is 12.6. The Morgan fingerprint density at radius 1 is 1.33 bits per heavy atom. The minimum absolute atomic E-state index is 0.381. The fourth-order valence-corrected chi connectivity index (χ4v) is 2.86. The maximum atomic E-state index is 5.84. The van der Waals surface area contributed by atoms with Crippen molar-refractivity contribution in [2.24, 2.45) is 11.7 Å². The molecule has 1 aromatic carbocycles. The summed E-state index contributed by atoms with van der Waals surface area (Å²) < 4.78 is 11.1. The average Bonchev–Trinajstić information content (AvgIpc) is 2.50. The minimum atomic E-state index is 0.381. The average molecular weight is 308 g/mol. The van der Waals surface area contributed by atoms with Crippen LogP contribution in [0.2, 0.25) is 0 Å². The van der Waals surface area contributed by atoms with Gasteiger partial charge in [0.1, 0.15) is 17.3 Å². The summed E-state index contributed by atoms with van der Waals surface area (Å²) in [6, 6.07) is 7.67. The van der Waals surface area contributed by atoms with Crippen LogP contribution in [0.3, 0.4) is 0 Å². The van der Waals surface area contributed by atoms with E-state index >= 15 is 0 Å². The van der Waals surface area contributed by atoms with Gasteiger partial charge < -0.3 is 15.2 Å².